The van der Waals surface area contributed by atoms with Crippen molar-refractivity contribution in [3.63, 3.8) is 0 Å². The van der Waals surface area contributed by atoms with Gasteiger partial charge in [-0.3, -0.25) is 19.8 Å². The Morgan fingerprint density at radius 1 is 0.938 bits per heavy atom. The molecule has 1 aromatic heterocycles. The number of anilines is 1. The second-order valence-corrected chi connectivity index (χ2v) is 8.76. The van der Waals surface area contributed by atoms with E-state index < -0.39 is 11.8 Å². The lowest BCUT2D eigenvalue weighted by Crippen LogP contribution is -2.54. The number of carbonyl (C=O) groups excluding carboxylic acids is 2. The molecule has 1 saturated heterocycles. The average Bonchev–Trinajstić information content (AvgIpc) is 3.00. The molecule has 5 nitrogen and oxygen atoms in total. The van der Waals surface area contributed by atoms with Crippen LogP contribution in [0, 0.1) is 20.8 Å². The molecule has 0 spiro atoms. The van der Waals surface area contributed by atoms with Gasteiger partial charge in [0.15, 0.2) is 5.11 Å². The monoisotopic (exact) mass is 483 g/mol. The van der Waals surface area contributed by atoms with Crippen LogP contribution >= 0.6 is 35.4 Å². The highest BCUT2D eigenvalue weighted by Crippen LogP contribution is 2.30. The van der Waals surface area contributed by atoms with Crippen molar-refractivity contribution in [1.82, 2.24) is 9.88 Å². The van der Waals surface area contributed by atoms with Gasteiger partial charge in [0, 0.05) is 17.1 Å². The Kier molecular flexibility index (Phi) is 5.95. The highest BCUT2D eigenvalue weighted by Gasteiger charge is 2.35. The highest BCUT2D eigenvalue weighted by molar-refractivity contribution is 7.80. The standard InChI is InChI=1S/C24H19Cl2N3O2S/c1-13-5-4-6-17(9-13)28-14(2)10-16(15(28)3)11-19-22(30)27-24(32)29(23(19)31)18-7-8-20(25)21(26)12-18/h4-12H,1-3H3,(H,27,30,32)/b19-11+. The second-order valence-electron chi connectivity index (χ2n) is 7.56. The minimum absolute atomic E-state index is 0.0132. The molecular formula is C24H19Cl2N3O2S. The van der Waals surface area contributed by atoms with E-state index in [-0.39, 0.29) is 15.7 Å². The third-order valence-corrected chi connectivity index (χ3v) is 6.32. The molecule has 0 atom stereocenters. The van der Waals surface area contributed by atoms with Crippen molar-refractivity contribution in [1.29, 1.82) is 0 Å². The normalized spacial score (nSPS) is 15.5. The number of hydrogen-bond donors (Lipinski definition) is 1. The van der Waals surface area contributed by atoms with Crippen LogP contribution < -0.4 is 10.2 Å². The van der Waals surface area contributed by atoms with Crippen LogP contribution in [0.4, 0.5) is 5.69 Å². The zero-order valence-electron chi connectivity index (χ0n) is 17.6. The van der Waals surface area contributed by atoms with Crippen LogP contribution in [-0.4, -0.2) is 21.5 Å². The fourth-order valence-corrected chi connectivity index (χ4v) is 4.34. The molecule has 4 rings (SSSR count). The van der Waals surface area contributed by atoms with Gasteiger partial charge >= 0.3 is 0 Å². The van der Waals surface area contributed by atoms with E-state index in [0.717, 1.165) is 28.2 Å². The van der Waals surface area contributed by atoms with E-state index in [9.17, 15) is 9.59 Å². The van der Waals surface area contributed by atoms with Crippen molar-refractivity contribution < 1.29 is 9.59 Å². The summed E-state index contributed by atoms with van der Waals surface area (Å²) in [5, 5.41) is 3.21. The number of halogens is 2. The van der Waals surface area contributed by atoms with Crippen LogP contribution in [0.25, 0.3) is 11.8 Å². The van der Waals surface area contributed by atoms with Crippen molar-refractivity contribution >= 4 is 64.1 Å². The Labute approximate surface area is 201 Å². The number of amides is 2. The van der Waals surface area contributed by atoms with Gasteiger partial charge in [-0.15, -0.1) is 0 Å². The molecule has 1 N–H and O–H groups in total. The lowest BCUT2D eigenvalue weighted by atomic mass is 10.1. The number of aromatic nitrogens is 1. The predicted octanol–water partition coefficient (Wildman–Crippen LogP) is 5.54. The summed E-state index contributed by atoms with van der Waals surface area (Å²) in [6.45, 7) is 5.97. The van der Waals surface area contributed by atoms with Crippen LogP contribution in [0.5, 0.6) is 0 Å². The summed E-state index contributed by atoms with van der Waals surface area (Å²) in [5.41, 5.74) is 5.23. The topological polar surface area (TPSA) is 54.3 Å². The summed E-state index contributed by atoms with van der Waals surface area (Å²) in [7, 11) is 0. The molecule has 2 heterocycles. The summed E-state index contributed by atoms with van der Waals surface area (Å²) >= 11 is 17.4. The van der Waals surface area contributed by atoms with Crippen molar-refractivity contribution in [2.45, 2.75) is 20.8 Å². The number of nitrogens with one attached hydrogen (secondary N) is 1. The molecule has 32 heavy (non-hydrogen) atoms. The zero-order chi connectivity index (χ0) is 23.2. The van der Waals surface area contributed by atoms with Crippen LogP contribution in [0.15, 0.2) is 54.1 Å². The lowest BCUT2D eigenvalue weighted by molar-refractivity contribution is -0.122. The van der Waals surface area contributed by atoms with Gasteiger partial charge in [-0.05, 0) is 86.6 Å². The maximum atomic E-state index is 13.3. The Hall–Kier alpha value is -2.93. The number of carbonyl (C=O) groups is 2. The van der Waals surface area contributed by atoms with Gasteiger partial charge in [-0.1, -0.05) is 35.3 Å². The Morgan fingerprint density at radius 2 is 1.69 bits per heavy atom. The van der Waals surface area contributed by atoms with E-state index in [1.54, 1.807) is 18.2 Å². The molecule has 162 valence electrons. The van der Waals surface area contributed by atoms with Gasteiger partial charge in [0.05, 0.1) is 15.7 Å². The maximum Gasteiger partial charge on any atom is 0.270 e. The molecule has 2 amide bonds. The fraction of sp³-hybridized carbons (Fsp3) is 0.125. The van der Waals surface area contributed by atoms with Gasteiger partial charge in [-0.2, -0.15) is 0 Å². The number of rotatable bonds is 3. The summed E-state index contributed by atoms with van der Waals surface area (Å²) in [5.74, 6) is -1.07. The number of nitrogens with zero attached hydrogens (tertiary/aromatic N) is 2. The maximum absolute atomic E-state index is 13.3. The van der Waals surface area contributed by atoms with Crippen molar-refractivity contribution in [3.05, 3.63) is 86.7 Å². The first-order chi connectivity index (χ1) is 15.2. The van der Waals surface area contributed by atoms with Crippen LogP contribution in [0.3, 0.4) is 0 Å². The minimum atomic E-state index is -0.545. The second kappa shape index (κ2) is 8.54. The number of benzene rings is 2. The van der Waals surface area contributed by atoms with Crippen molar-refractivity contribution in [2.24, 2.45) is 0 Å². The van der Waals surface area contributed by atoms with E-state index in [4.69, 9.17) is 35.4 Å². The summed E-state index contributed by atoms with van der Waals surface area (Å²) in [6, 6.07) is 14.8. The first kappa shape index (κ1) is 22.3. The summed E-state index contributed by atoms with van der Waals surface area (Å²) in [4.78, 5) is 27.2. The van der Waals surface area contributed by atoms with Crippen molar-refractivity contribution in [3.8, 4) is 5.69 Å². The highest BCUT2D eigenvalue weighted by atomic mass is 35.5. The van der Waals surface area contributed by atoms with Crippen LogP contribution in [0.1, 0.15) is 22.5 Å². The summed E-state index contributed by atoms with van der Waals surface area (Å²) < 4.78 is 2.09. The first-order valence-electron chi connectivity index (χ1n) is 9.80. The molecule has 1 aliphatic heterocycles. The zero-order valence-corrected chi connectivity index (χ0v) is 19.9. The van der Waals surface area contributed by atoms with E-state index in [2.05, 4.69) is 16.0 Å². The van der Waals surface area contributed by atoms with E-state index >= 15 is 0 Å². The van der Waals surface area contributed by atoms with E-state index in [1.165, 1.54) is 11.0 Å². The minimum Gasteiger partial charge on any atom is -0.318 e. The Bertz CT molecular complexity index is 1330. The number of hydrogen-bond acceptors (Lipinski definition) is 3. The molecule has 2 aromatic carbocycles. The molecular weight excluding hydrogens is 465 g/mol. The smallest absolute Gasteiger partial charge is 0.270 e. The molecule has 0 aliphatic carbocycles. The van der Waals surface area contributed by atoms with Crippen LogP contribution in [-0.2, 0) is 9.59 Å². The van der Waals surface area contributed by atoms with E-state index in [0.29, 0.717) is 10.7 Å². The Morgan fingerprint density at radius 3 is 2.38 bits per heavy atom. The first-order valence-corrected chi connectivity index (χ1v) is 11.0. The fourth-order valence-electron chi connectivity index (χ4n) is 3.77. The third kappa shape index (κ3) is 3.97. The van der Waals surface area contributed by atoms with Crippen molar-refractivity contribution in [2.75, 3.05) is 4.90 Å². The van der Waals surface area contributed by atoms with E-state index in [1.807, 2.05) is 45.0 Å². The molecule has 8 heteroatoms. The summed E-state index contributed by atoms with van der Waals surface area (Å²) in [6.07, 6.45) is 1.60. The lowest BCUT2D eigenvalue weighted by Gasteiger charge is -2.29. The molecule has 0 radical (unpaired) electrons. The molecule has 1 aliphatic rings. The number of aryl methyl sites for hydroxylation is 2. The van der Waals surface area contributed by atoms with Gasteiger partial charge in [0.25, 0.3) is 11.8 Å². The molecule has 1 fully saturated rings. The number of thiocarbonyl (C=S) groups is 1. The molecule has 3 aromatic rings. The molecule has 0 unspecified atom stereocenters. The largest absolute Gasteiger partial charge is 0.318 e. The predicted molar refractivity (Wildman–Crippen MR) is 133 cm³/mol. The SMILES string of the molecule is Cc1cccc(-n2c(C)cc(/C=C3\C(=O)NC(=S)N(c4ccc(Cl)c(Cl)c4)C3=O)c2C)c1. The van der Waals surface area contributed by atoms with Gasteiger partial charge in [-0.25, -0.2) is 0 Å². The average molecular weight is 484 g/mol. The van der Waals surface area contributed by atoms with Crippen LogP contribution in [0.2, 0.25) is 10.0 Å². The van der Waals surface area contributed by atoms with Gasteiger partial charge < -0.3 is 4.57 Å². The van der Waals surface area contributed by atoms with Gasteiger partial charge in [0.1, 0.15) is 5.57 Å². The van der Waals surface area contributed by atoms with Gasteiger partial charge in [0.2, 0.25) is 0 Å². The molecule has 0 bridgehead atoms. The molecule has 0 saturated carbocycles. The Balaban J connectivity index is 1.77. The quantitative estimate of drug-likeness (QED) is 0.302. The third-order valence-electron chi connectivity index (χ3n) is 5.29.